The smallest absolute Gasteiger partial charge is 0.338 e. The second kappa shape index (κ2) is 8.39. The van der Waals surface area contributed by atoms with Gasteiger partial charge in [0, 0.05) is 11.8 Å². The number of allylic oxidation sites excluding steroid dienone is 1. The predicted octanol–water partition coefficient (Wildman–Crippen LogP) is 2.28. The summed E-state index contributed by atoms with van der Waals surface area (Å²) < 4.78 is 10.4. The van der Waals surface area contributed by atoms with E-state index in [1.54, 1.807) is 6.92 Å². The summed E-state index contributed by atoms with van der Waals surface area (Å²) in [6.45, 7) is 5.38. The molecule has 2 rings (SSSR count). The van der Waals surface area contributed by atoms with Gasteiger partial charge in [-0.1, -0.05) is 6.92 Å². The first-order chi connectivity index (χ1) is 12.8. The summed E-state index contributed by atoms with van der Waals surface area (Å²) in [6, 6.07) is 0.872. The molecule has 3 N–H and O–H groups in total. The van der Waals surface area contributed by atoms with Gasteiger partial charge in [-0.25, -0.2) is 9.59 Å². The maximum atomic E-state index is 12.5. The Morgan fingerprint density at radius 2 is 2.07 bits per heavy atom. The summed E-state index contributed by atoms with van der Waals surface area (Å²) in [6.07, 6.45) is 0.613. The lowest BCUT2D eigenvalue weighted by atomic mass is 9.94. The van der Waals surface area contributed by atoms with E-state index in [1.165, 1.54) is 13.0 Å². The topological polar surface area (TPSA) is 140 Å². The molecule has 0 aromatic heterocycles. The Hall–Kier alpha value is -3.30. The van der Waals surface area contributed by atoms with Crippen molar-refractivity contribution in [1.29, 1.82) is 0 Å². The Morgan fingerprint density at radius 3 is 2.67 bits per heavy atom. The third-order valence-electron chi connectivity index (χ3n) is 3.83. The van der Waals surface area contributed by atoms with Gasteiger partial charge in [0.25, 0.3) is 0 Å². The molecule has 1 unspecified atom stereocenters. The zero-order chi connectivity index (χ0) is 20.1. The number of benzene rings is 1. The number of urea groups is 1. The molecule has 10 nitrogen and oxygen atoms in total. The zero-order valence-corrected chi connectivity index (χ0v) is 15.2. The molecular weight excluding hydrogens is 358 g/mol. The number of hydrogen-bond donors (Lipinski definition) is 3. The van der Waals surface area contributed by atoms with Gasteiger partial charge in [0.05, 0.1) is 29.8 Å². The SMILES string of the molecule is CCCOC(=O)C1=C(C)NC(=O)NC1c1cc(OCC)c(O)c([N+](=O)[O-])c1. The van der Waals surface area contributed by atoms with Crippen molar-refractivity contribution in [2.45, 2.75) is 33.2 Å². The summed E-state index contributed by atoms with van der Waals surface area (Å²) >= 11 is 0. The summed E-state index contributed by atoms with van der Waals surface area (Å²) in [5, 5.41) is 26.4. The molecule has 146 valence electrons. The van der Waals surface area contributed by atoms with Gasteiger partial charge in [0.1, 0.15) is 0 Å². The van der Waals surface area contributed by atoms with Gasteiger partial charge < -0.3 is 25.2 Å². The number of nitro groups is 1. The predicted molar refractivity (Wildman–Crippen MR) is 94.3 cm³/mol. The van der Waals surface area contributed by atoms with Crippen molar-refractivity contribution < 1.29 is 29.1 Å². The molecule has 1 heterocycles. The minimum atomic E-state index is -0.999. The summed E-state index contributed by atoms with van der Waals surface area (Å²) in [5.41, 5.74) is 0.00675. The fourth-order valence-electron chi connectivity index (χ4n) is 2.67. The third kappa shape index (κ3) is 4.27. The van der Waals surface area contributed by atoms with Crippen LogP contribution in [0.25, 0.3) is 0 Å². The monoisotopic (exact) mass is 379 g/mol. The summed E-state index contributed by atoms with van der Waals surface area (Å²) in [5.74, 6) is -1.39. The van der Waals surface area contributed by atoms with Crippen molar-refractivity contribution in [2.24, 2.45) is 0 Å². The number of amides is 2. The number of rotatable bonds is 7. The van der Waals surface area contributed by atoms with Gasteiger partial charge in [0.2, 0.25) is 5.75 Å². The molecular formula is C17H21N3O7. The fraction of sp³-hybridized carbons (Fsp3) is 0.412. The highest BCUT2D eigenvalue weighted by Crippen LogP contribution is 2.40. The zero-order valence-electron chi connectivity index (χ0n) is 15.2. The van der Waals surface area contributed by atoms with Crippen LogP contribution in [0.3, 0.4) is 0 Å². The lowest BCUT2D eigenvalue weighted by Gasteiger charge is -2.28. The van der Waals surface area contributed by atoms with Crippen LogP contribution in [0.15, 0.2) is 23.4 Å². The Morgan fingerprint density at radius 1 is 1.37 bits per heavy atom. The molecule has 1 aromatic carbocycles. The van der Waals surface area contributed by atoms with E-state index in [2.05, 4.69) is 10.6 Å². The van der Waals surface area contributed by atoms with Crippen molar-refractivity contribution in [2.75, 3.05) is 13.2 Å². The van der Waals surface area contributed by atoms with Gasteiger partial charge in [-0.15, -0.1) is 0 Å². The highest BCUT2D eigenvalue weighted by molar-refractivity contribution is 5.95. The number of carbonyl (C=O) groups is 2. The maximum absolute atomic E-state index is 12.5. The lowest BCUT2D eigenvalue weighted by Crippen LogP contribution is -2.45. The van der Waals surface area contributed by atoms with Gasteiger partial charge in [-0.05, 0) is 31.9 Å². The molecule has 0 saturated heterocycles. The highest BCUT2D eigenvalue weighted by atomic mass is 16.6. The molecule has 10 heteroatoms. The Labute approximate surface area is 155 Å². The molecule has 0 fully saturated rings. The fourth-order valence-corrected chi connectivity index (χ4v) is 2.67. The van der Waals surface area contributed by atoms with Crippen LogP contribution in [0.5, 0.6) is 11.5 Å². The van der Waals surface area contributed by atoms with E-state index in [9.17, 15) is 24.8 Å². The molecule has 0 aliphatic carbocycles. The average molecular weight is 379 g/mol. The van der Waals surface area contributed by atoms with E-state index >= 15 is 0 Å². The van der Waals surface area contributed by atoms with Crippen LogP contribution in [-0.4, -0.2) is 35.2 Å². The largest absolute Gasteiger partial charge is 0.500 e. The van der Waals surface area contributed by atoms with Crippen molar-refractivity contribution in [3.05, 3.63) is 39.1 Å². The van der Waals surface area contributed by atoms with E-state index in [4.69, 9.17) is 9.47 Å². The van der Waals surface area contributed by atoms with Crippen LogP contribution in [0.1, 0.15) is 38.8 Å². The van der Waals surface area contributed by atoms with Crippen LogP contribution < -0.4 is 15.4 Å². The van der Waals surface area contributed by atoms with E-state index in [-0.39, 0.29) is 35.8 Å². The summed E-state index contributed by atoms with van der Waals surface area (Å²) in [7, 11) is 0. The van der Waals surface area contributed by atoms with E-state index in [0.717, 1.165) is 6.07 Å². The van der Waals surface area contributed by atoms with Crippen LogP contribution in [0.4, 0.5) is 10.5 Å². The molecule has 1 atom stereocenters. The number of carbonyl (C=O) groups excluding carboxylic acids is 2. The lowest BCUT2D eigenvalue weighted by molar-refractivity contribution is -0.386. The Bertz CT molecular complexity index is 804. The molecule has 0 spiro atoms. The molecule has 2 amide bonds. The van der Waals surface area contributed by atoms with Gasteiger partial charge in [-0.3, -0.25) is 10.1 Å². The van der Waals surface area contributed by atoms with E-state index in [1.807, 2.05) is 6.92 Å². The first kappa shape index (κ1) is 20.0. The van der Waals surface area contributed by atoms with Crippen molar-refractivity contribution in [3.8, 4) is 11.5 Å². The van der Waals surface area contributed by atoms with Gasteiger partial charge in [-0.2, -0.15) is 0 Å². The van der Waals surface area contributed by atoms with E-state index in [0.29, 0.717) is 6.42 Å². The molecule has 0 radical (unpaired) electrons. The molecule has 1 aromatic rings. The number of phenols is 1. The molecule has 0 saturated carbocycles. The number of esters is 1. The van der Waals surface area contributed by atoms with Crippen LogP contribution in [0, 0.1) is 10.1 Å². The number of ether oxygens (including phenoxy) is 2. The number of hydrogen-bond acceptors (Lipinski definition) is 7. The Kier molecular flexibility index (Phi) is 6.22. The molecule has 1 aliphatic rings. The number of nitrogens with zero attached hydrogens (tertiary/aromatic N) is 1. The Balaban J connectivity index is 2.58. The standard InChI is InChI=1S/C17H21N3O7/c1-4-6-27-16(22)13-9(3)18-17(23)19-14(13)10-7-11(20(24)25)15(21)12(8-10)26-5-2/h7-8,14,21H,4-6H2,1-3H3,(H2,18,19,23). The van der Waals surface area contributed by atoms with Gasteiger partial charge in [0.15, 0.2) is 5.75 Å². The molecule has 27 heavy (non-hydrogen) atoms. The number of phenolic OH excluding ortho intramolecular Hbond substituents is 1. The molecule has 0 bridgehead atoms. The highest BCUT2D eigenvalue weighted by Gasteiger charge is 2.34. The van der Waals surface area contributed by atoms with Crippen LogP contribution in [-0.2, 0) is 9.53 Å². The summed E-state index contributed by atoms with van der Waals surface area (Å²) in [4.78, 5) is 34.9. The normalized spacial score (nSPS) is 16.4. The number of nitro benzene ring substituents is 1. The number of aromatic hydroxyl groups is 1. The first-order valence-corrected chi connectivity index (χ1v) is 8.39. The first-order valence-electron chi connectivity index (χ1n) is 8.39. The number of nitrogens with one attached hydrogen (secondary N) is 2. The van der Waals surface area contributed by atoms with Crippen LogP contribution in [0.2, 0.25) is 0 Å². The van der Waals surface area contributed by atoms with Crippen molar-refractivity contribution in [3.63, 3.8) is 0 Å². The quantitative estimate of drug-likeness (QED) is 0.375. The molecule has 1 aliphatic heterocycles. The third-order valence-corrected chi connectivity index (χ3v) is 3.83. The van der Waals surface area contributed by atoms with Crippen molar-refractivity contribution in [1.82, 2.24) is 10.6 Å². The van der Waals surface area contributed by atoms with E-state index < -0.39 is 34.4 Å². The second-order valence-electron chi connectivity index (χ2n) is 5.78. The van der Waals surface area contributed by atoms with Gasteiger partial charge >= 0.3 is 17.7 Å². The second-order valence-corrected chi connectivity index (χ2v) is 5.78. The maximum Gasteiger partial charge on any atom is 0.338 e. The minimum absolute atomic E-state index is 0.116. The van der Waals surface area contributed by atoms with Crippen molar-refractivity contribution >= 4 is 17.7 Å². The van der Waals surface area contributed by atoms with Crippen LogP contribution >= 0.6 is 0 Å². The average Bonchev–Trinajstić information content (AvgIpc) is 2.60. The minimum Gasteiger partial charge on any atom is -0.500 e.